The minimum Gasteiger partial charge on any atom is -0.368 e. The second kappa shape index (κ2) is 59.9. The average Bonchev–Trinajstić information content (AvgIpc) is 0.836. The van der Waals surface area contributed by atoms with Crippen molar-refractivity contribution in [3.8, 4) is 0 Å². The van der Waals surface area contributed by atoms with E-state index >= 15 is 0 Å². The van der Waals surface area contributed by atoms with Gasteiger partial charge in [0.1, 0.15) is 0 Å². The number of nitrogens with one attached hydrogen (secondary N) is 12. The SMILES string of the molecule is CNc1nc(N)nc(N(C)CCCc2ccccc2)n1.CNc1nc(N)nc(N(C)CCc2ccccc2)n1.CNc1nc(N)nc(N(C)Cc2ccccc2)n1.CNc1nc(N)nc(N(C)c2ccccc2)n1.CNc1nc(N)nc(NCCCc2ccccc2)n1.CNc1nc(N)nc(NCCc2ccccc2)n1.CNc1nc(N)nc(NCc2ccccc2)n1.CNc1nc(N)nc(Nc2ccccc2)n1. The Bertz CT molecular complexity index is 6350. The molecular weight excluding hydrogens is 1830 g/mol. The van der Waals surface area contributed by atoms with Crippen molar-refractivity contribution in [2.75, 3.05) is 240 Å². The summed E-state index contributed by atoms with van der Waals surface area (Å²) < 4.78 is 0. The van der Waals surface area contributed by atoms with Gasteiger partial charge in [0.15, 0.2) is 0 Å². The predicted molar refractivity (Wildman–Crippen MR) is 580 cm³/mol. The second-order valence-electron chi connectivity index (χ2n) is 30.5. The molecular formula is C96H128N48. The van der Waals surface area contributed by atoms with Gasteiger partial charge < -0.3 is 129 Å². The molecule has 16 rings (SSSR count). The lowest BCUT2D eigenvalue weighted by molar-refractivity contribution is 0.764. The van der Waals surface area contributed by atoms with Gasteiger partial charge in [0.25, 0.3) is 0 Å². The number of nitrogens with zero attached hydrogens (tertiary/aromatic N) is 28. The van der Waals surface area contributed by atoms with Gasteiger partial charge in [-0.1, -0.05) is 218 Å². The summed E-state index contributed by atoms with van der Waals surface area (Å²) in [7, 11) is 21.6. The number of hydrogen-bond acceptors (Lipinski definition) is 48. The summed E-state index contributed by atoms with van der Waals surface area (Å²) in [4.78, 5) is 105. The van der Waals surface area contributed by atoms with Crippen LogP contribution in [0.5, 0.6) is 0 Å². The van der Waals surface area contributed by atoms with Crippen LogP contribution in [-0.2, 0) is 38.8 Å². The van der Waals surface area contributed by atoms with E-state index in [2.05, 4.69) is 268 Å². The van der Waals surface area contributed by atoms with Crippen molar-refractivity contribution in [1.82, 2.24) is 120 Å². The molecule has 0 atom stereocenters. The van der Waals surface area contributed by atoms with E-state index in [0.717, 1.165) is 81.6 Å². The molecule has 28 N–H and O–H groups in total. The van der Waals surface area contributed by atoms with Crippen LogP contribution < -0.4 is 129 Å². The largest absolute Gasteiger partial charge is 0.368 e. The van der Waals surface area contributed by atoms with Gasteiger partial charge in [-0.05, 0) is 96.2 Å². The molecule has 0 aliphatic carbocycles. The van der Waals surface area contributed by atoms with E-state index < -0.39 is 0 Å². The number of nitrogens with two attached hydrogens (primary N) is 8. The molecule has 144 heavy (non-hydrogen) atoms. The van der Waals surface area contributed by atoms with Crippen LogP contribution in [0.1, 0.15) is 46.2 Å². The monoisotopic (exact) mass is 1950 g/mol. The molecule has 8 aromatic carbocycles. The Hall–Kier alpha value is -19.0. The number of anilines is 26. The molecule has 0 amide bonds. The number of nitrogen functional groups attached to an aromatic ring is 8. The summed E-state index contributed by atoms with van der Waals surface area (Å²) >= 11 is 0. The number of aryl methyl sites for hydroxylation is 2. The molecule has 48 nitrogen and oxygen atoms in total. The number of aromatic nitrogens is 24. The molecule has 0 bridgehead atoms. The van der Waals surface area contributed by atoms with Crippen LogP contribution >= 0.6 is 0 Å². The molecule has 0 saturated heterocycles. The number of benzene rings is 8. The molecule has 752 valence electrons. The zero-order valence-corrected chi connectivity index (χ0v) is 82.7. The highest BCUT2D eigenvalue weighted by molar-refractivity contribution is 5.59. The first-order valence-electron chi connectivity index (χ1n) is 45.6. The molecule has 8 heterocycles. The van der Waals surface area contributed by atoms with Crippen LogP contribution in [0.25, 0.3) is 0 Å². The van der Waals surface area contributed by atoms with Gasteiger partial charge in [0.2, 0.25) is 143 Å². The maximum atomic E-state index is 5.66. The molecule has 0 radical (unpaired) electrons. The van der Waals surface area contributed by atoms with Crippen molar-refractivity contribution in [2.24, 2.45) is 0 Å². The standard InChI is InChI=1S/C14H20N6.2C13H18N6.2C12H16N6.2C11H14N6.C10H12N6/c1-16-13-17-12(15)18-14(19-13)20(2)10-6-9-11-7-4-3-5-8-11;1-15-12-16-11(14)17-13(18-12)19(2)9-8-10-6-4-3-5-7-10;1-15-12-17-11(14)18-13(19-12)16-9-5-8-10-6-3-2-4-7-10;1-14-11-15-10(13)16-12(17-11)18(2)8-9-6-4-3-5-7-9;1-14-11-16-10(13)17-12(18-11)15-8-7-9-5-3-2-4-6-9;1-13-10-14-9(12)15-11(16-10)17(2)8-6-4-3-5-7-8;1-13-10-15-9(12)16-11(17-10)14-7-8-5-3-2-4-6-8;1-12-9-14-8(11)15-10(16-9)13-7-5-3-2-4-6-7/h3-5,7-8H,6,9-10H2,1-2H3,(H3,15,16,17,18,19);3-7H,8-9H2,1-2H3,(H3,14,15,16,17,18);2-4,6-7H,5,8-9H2,1H3,(H4,14,15,16,17,18,19);3-7H,8H2,1-2H3,(H3,13,14,15,16,17);2-6H,7-8H2,1H3,(H4,13,14,15,16,17,18);3-7H,1-2H3,(H3,12,13,14,15,16);2-6H,7H2,1H3,(H4,12,13,14,15,16,17);2-6H,1H3,(H4,11,12,13,14,15,16). The van der Waals surface area contributed by atoms with Crippen LogP contribution in [0.3, 0.4) is 0 Å². The molecule has 0 saturated carbocycles. The number of likely N-dealkylation sites (N-methyl/N-ethyl adjacent to an activating group) is 1. The highest BCUT2D eigenvalue weighted by atomic mass is 15.4. The Labute approximate surface area is 837 Å². The molecule has 0 aliphatic rings. The van der Waals surface area contributed by atoms with Crippen LogP contribution in [-0.4, -0.2) is 230 Å². The van der Waals surface area contributed by atoms with Crippen LogP contribution in [0.4, 0.5) is 154 Å². The van der Waals surface area contributed by atoms with Gasteiger partial charge in [-0.15, -0.1) is 0 Å². The number of rotatable bonds is 36. The lowest BCUT2D eigenvalue weighted by Crippen LogP contribution is -2.23. The third kappa shape index (κ3) is 40.0. The highest BCUT2D eigenvalue weighted by Crippen LogP contribution is 2.23. The summed E-state index contributed by atoms with van der Waals surface area (Å²) in [5.41, 5.74) is 54.3. The maximum Gasteiger partial charge on any atom is 0.236 e. The molecule has 8 aromatic heterocycles. The van der Waals surface area contributed by atoms with Crippen molar-refractivity contribution in [3.05, 3.63) is 276 Å². The third-order valence-corrected chi connectivity index (χ3v) is 19.7. The van der Waals surface area contributed by atoms with Gasteiger partial charge in [0.05, 0.1) is 0 Å². The van der Waals surface area contributed by atoms with Crippen LogP contribution in [0.15, 0.2) is 243 Å². The second-order valence-corrected chi connectivity index (χ2v) is 30.5. The fraction of sp³-hybridized carbons (Fsp3) is 0.250. The van der Waals surface area contributed by atoms with Crippen LogP contribution in [0.2, 0.25) is 0 Å². The van der Waals surface area contributed by atoms with E-state index in [9.17, 15) is 0 Å². The predicted octanol–water partition coefficient (Wildman–Crippen LogP) is 10.2. The van der Waals surface area contributed by atoms with Gasteiger partial charge in [-0.3, -0.25) is 0 Å². The summed E-state index contributed by atoms with van der Waals surface area (Å²) in [5.74, 6) is 9.47. The Morgan fingerprint density at radius 2 is 0.479 bits per heavy atom. The number of hydrogen-bond donors (Lipinski definition) is 20. The normalized spacial score (nSPS) is 10.1. The Morgan fingerprint density at radius 1 is 0.215 bits per heavy atom. The Kier molecular flexibility index (Phi) is 45.2. The van der Waals surface area contributed by atoms with E-state index in [0.29, 0.717) is 108 Å². The van der Waals surface area contributed by atoms with E-state index in [1.54, 1.807) is 56.4 Å². The fourth-order valence-corrected chi connectivity index (χ4v) is 12.5. The minimum absolute atomic E-state index is 0.179. The first-order chi connectivity index (χ1) is 69.9. The molecule has 0 aliphatic heterocycles. The van der Waals surface area contributed by atoms with Gasteiger partial charge in [-0.2, -0.15) is 120 Å². The summed E-state index contributed by atoms with van der Waals surface area (Å²) in [6, 6.07) is 80.8. The Balaban J connectivity index is 0.000000183. The zero-order chi connectivity index (χ0) is 103. The smallest absolute Gasteiger partial charge is 0.236 e. The maximum absolute atomic E-state index is 5.66. The van der Waals surface area contributed by atoms with Crippen LogP contribution in [0, 0.1) is 0 Å². The minimum atomic E-state index is 0.179. The zero-order valence-electron chi connectivity index (χ0n) is 82.7. The van der Waals surface area contributed by atoms with E-state index in [1.807, 2.05) is 206 Å². The van der Waals surface area contributed by atoms with Gasteiger partial charge >= 0.3 is 0 Å². The van der Waals surface area contributed by atoms with Crippen molar-refractivity contribution < 1.29 is 0 Å². The lowest BCUT2D eigenvalue weighted by atomic mass is 10.1. The van der Waals surface area contributed by atoms with E-state index in [-0.39, 0.29) is 47.6 Å². The molecule has 0 unspecified atom stereocenters. The Morgan fingerprint density at radius 3 is 0.861 bits per heavy atom. The quantitative estimate of drug-likeness (QED) is 0.0162. The lowest BCUT2D eigenvalue weighted by Gasteiger charge is -2.17. The first-order valence-corrected chi connectivity index (χ1v) is 45.6. The highest BCUT2D eigenvalue weighted by Gasteiger charge is 2.16. The van der Waals surface area contributed by atoms with Gasteiger partial charge in [-0.25, -0.2) is 0 Å². The van der Waals surface area contributed by atoms with Gasteiger partial charge in [0, 0.05) is 135 Å². The van der Waals surface area contributed by atoms with E-state index in [1.165, 1.54) is 27.8 Å². The van der Waals surface area contributed by atoms with Crippen molar-refractivity contribution in [1.29, 1.82) is 0 Å². The van der Waals surface area contributed by atoms with E-state index in [4.69, 9.17) is 45.9 Å². The fourth-order valence-electron chi connectivity index (χ4n) is 12.5. The first kappa shape index (κ1) is 109. The van der Waals surface area contributed by atoms with Crippen molar-refractivity contribution >= 4 is 154 Å². The summed E-state index contributed by atoms with van der Waals surface area (Å²) in [6.07, 6.45) is 5.92. The van der Waals surface area contributed by atoms with Crippen molar-refractivity contribution in [3.63, 3.8) is 0 Å². The average molecular weight is 1950 g/mol. The van der Waals surface area contributed by atoms with Crippen molar-refractivity contribution in [2.45, 2.75) is 51.6 Å². The summed E-state index contributed by atoms with van der Waals surface area (Å²) in [5, 5.41) is 35.2. The molecule has 16 aromatic rings. The summed E-state index contributed by atoms with van der Waals surface area (Å²) in [6.45, 7) is 4.58. The third-order valence-electron chi connectivity index (χ3n) is 19.7. The topological polar surface area (TPSA) is 675 Å². The molecule has 48 heteroatoms. The molecule has 0 fully saturated rings. The molecule has 0 spiro atoms. The number of para-hydroxylation sites is 2.